The first-order valence-electron chi connectivity index (χ1n) is 7.27. The fourth-order valence-corrected chi connectivity index (χ4v) is 2.27. The molecule has 0 fully saturated rings. The number of benzene rings is 2. The molecule has 0 radical (unpaired) electrons. The Hall–Kier alpha value is -2.29. The second-order valence-corrected chi connectivity index (χ2v) is 5.72. The van der Waals surface area contributed by atoms with Crippen molar-refractivity contribution in [3.8, 4) is 0 Å². The minimum atomic E-state index is -0.0514. The average molecular weight is 282 g/mol. The number of para-hydroxylation sites is 1. The summed E-state index contributed by atoms with van der Waals surface area (Å²) in [5.41, 5.74) is 9.46. The van der Waals surface area contributed by atoms with E-state index in [9.17, 15) is 4.79 Å². The molecule has 2 aromatic carbocycles. The highest BCUT2D eigenvalue weighted by molar-refractivity contribution is 5.92. The highest BCUT2D eigenvalue weighted by atomic mass is 16.1. The first-order valence-corrected chi connectivity index (χ1v) is 7.27. The second-order valence-electron chi connectivity index (χ2n) is 5.72. The summed E-state index contributed by atoms with van der Waals surface area (Å²) >= 11 is 0. The van der Waals surface area contributed by atoms with Crippen LogP contribution in [0.1, 0.15) is 25.0 Å². The van der Waals surface area contributed by atoms with E-state index in [1.165, 1.54) is 5.56 Å². The zero-order chi connectivity index (χ0) is 15.2. The zero-order valence-electron chi connectivity index (χ0n) is 12.6. The standard InChI is InChI=1S/C18H22N2O/c1-13(2)11-14-7-9-16(10-8-14)20-18(21)12-15-5-3-4-6-17(15)19/h3-10,13H,11-12,19H2,1-2H3,(H,20,21). The first kappa shape index (κ1) is 15.1. The lowest BCUT2D eigenvalue weighted by atomic mass is 10.0. The lowest BCUT2D eigenvalue weighted by molar-refractivity contribution is -0.115. The molecule has 2 aromatic rings. The van der Waals surface area contributed by atoms with Crippen molar-refractivity contribution in [1.82, 2.24) is 0 Å². The largest absolute Gasteiger partial charge is 0.398 e. The number of nitrogen functional groups attached to an aromatic ring is 1. The van der Waals surface area contributed by atoms with Crippen LogP contribution >= 0.6 is 0 Å². The summed E-state index contributed by atoms with van der Waals surface area (Å²) in [6.07, 6.45) is 1.34. The van der Waals surface area contributed by atoms with E-state index in [4.69, 9.17) is 5.73 Å². The average Bonchev–Trinajstić information content (AvgIpc) is 2.43. The highest BCUT2D eigenvalue weighted by Gasteiger charge is 2.06. The lowest BCUT2D eigenvalue weighted by Crippen LogP contribution is -2.15. The Morgan fingerprint density at radius 2 is 1.76 bits per heavy atom. The Labute approximate surface area is 126 Å². The Balaban J connectivity index is 1.95. The SMILES string of the molecule is CC(C)Cc1ccc(NC(=O)Cc2ccccc2N)cc1. The number of carbonyl (C=O) groups is 1. The fourth-order valence-electron chi connectivity index (χ4n) is 2.27. The molecule has 0 heterocycles. The predicted octanol–water partition coefficient (Wildman–Crippen LogP) is 3.65. The molecule has 3 nitrogen and oxygen atoms in total. The molecule has 0 bridgehead atoms. The van der Waals surface area contributed by atoms with E-state index in [2.05, 4.69) is 31.3 Å². The topological polar surface area (TPSA) is 55.1 Å². The van der Waals surface area contributed by atoms with E-state index < -0.39 is 0 Å². The van der Waals surface area contributed by atoms with Crippen LogP contribution in [0.15, 0.2) is 48.5 Å². The van der Waals surface area contributed by atoms with E-state index in [1.54, 1.807) is 0 Å². The predicted molar refractivity (Wildman–Crippen MR) is 88.2 cm³/mol. The van der Waals surface area contributed by atoms with Crippen LogP contribution in [0.2, 0.25) is 0 Å². The summed E-state index contributed by atoms with van der Waals surface area (Å²) in [4.78, 5) is 12.0. The van der Waals surface area contributed by atoms with Crippen LogP contribution in [0, 0.1) is 5.92 Å². The second kappa shape index (κ2) is 6.93. The van der Waals surface area contributed by atoms with Gasteiger partial charge in [0.05, 0.1) is 6.42 Å². The number of nitrogens with two attached hydrogens (primary N) is 1. The molecule has 0 aliphatic heterocycles. The maximum absolute atomic E-state index is 12.0. The van der Waals surface area contributed by atoms with Gasteiger partial charge in [0.2, 0.25) is 5.91 Å². The zero-order valence-corrected chi connectivity index (χ0v) is 12.6. The van der Waals surface area contributed by atoms with Crippen molar-refractivity contribution < 1.29 is 4.79 Å². The molecule has 0 aliphatic rings. The molecule has 0 aromatic heterocycles. The van der Waals surface area contributed by atoms with Gasteiger partial charge in [-0.2, -0.15) is 0 Å². The van der Waals surface area contributed by atoms with E-state index in [0.29, 0.717) is 18.0 Å². The van der Waals surface area contributed by atoms with Crippen LogP contribution in [-0.2, 0) is 17.6 Å². The van der Waals surface area contributed by atoms with Gasteiger partial charge in [0.15, 0.2) is 0 Å². The van der Waals surface area contributed by atoms with Crippen molar-refractivity contribution in [3.05, 3.63) is 59.7 Å². The normalized spacial score (nSPS) is 10.6. The molecule has 2 rings (SSSR count). The minimum Gasteiger partial charge on any atom is -0.398 e. The Bertz CT molecular complexity index is 603. The van der Waals surface area contributed by atoms with Crippen molar-refractivity contribution in [1.29, 1.82) is 0 Å². The monoisotopic (exact) mass is 282 g/mol. The summed E-state index contributed by atoms with van der Waals surface area (Å²) in [7, 11) is 0. The third-order valence-electron chi connectivity index (χ3n) is 3.29. The van der Waals surface area contributed by atoms with Gasteiger partial charge in [0.25, 0.3) is 0 Å². The van der Waals surface area contributed by atoms with Gasteiger partial charge in [-0.05, 0) is 41.7 Å². The number of amides is 1. The van der Waals surface area contributed by atoms with Crippen LogP contribution < -0.4 is 11.1 Å². The van der Waals surface area contributed by atoms with Gasteiger partial charge >= 0.3 is 0 Å². The van der Waals surface area contributed by atoms with Crippen LogP contribution in [0.4, 0.5) is 11.4 Å². The van der Waals surface area contributed by atoms with Crippen molar-refractivity contribution >= 4 is 17.3 Å². The molecule has 110 valence electrons. The minimum absolute atomic E-state index is 0.0514. The molecule has 0 saturated carbocycles. The van der Waals surface area contributed by atoms with Gasteiger partial charge in [0, 0.05) is 11.4 Å². The van der Waals surface area contributed by atoms with Crippen molar-refractivity contribution in [2.24, 2.45) is 5.92 Å². The maximum atomic E-state index is 12.0. The number of anilines is 2. The van der Waals surface area contributed by atoms with Gasteiger partial charge in [-0.15, -0.1) is 0 Å². The molecule has 3 N–H and O–H groups in total. The molecule has 0 atom stereocenters. The van der Waals surface area contributed by atoms with Crippen molar-refractivity contribution in [3.63, 3.8) is 0 Å². The van der Waals surface area contributed by atoms with Gasteiger partial charge in [-0.1, -0.05) is 44.2 Å². The number of hydrogen-bond acceptors (Lipinski definition) is 2. The molecule has 1 amide bonds. The number of carbonyl (C=O) groups excluding carboxylic acids is 1. The molecule has 0 spiro atoms. The van der Waals surface area contributed by atoms with Crippen LogP contribution in [0.3, 0.4) is 0 Å². The molecule has 0 saturated heterocycles. The highest BCUT2D eigenvalue weighted by Crippen LogP contribution is 2.15. The summed E-state index contributed by atoms with van der Waals surface area (Å²) in [5.74, 6) is 0.580. The van der Waals surface area contributed by atoms with Crippen LogP contribution in [0.5, 0.6) is 0 Å². The van der Waals surface area contributed by atoms with Crippen molar-refractivity contribution in [2.75, 3.05) is 11.1 Å². The molecule has 0 aliphatic carbocycles. The number of hydrogen-bond donors (Lipinski definition) is 2. The summed E-state index contributed by atoms with van der Waals surface area (Å²) in [6, 6.07) is 15.5. The Morgan fingerprint density at radius 1 is 1.10 bits per heavy atom. The van der Waals surface area contributed by atoms with Gasteiger partial charge < -0.3 is 11.1 Å². The third kappa shape index (κ3) is 4.63. The molecular weight excluding hydrogens is 260 g/mol. The molecule has 0 unspecified atom stereocenters. The van der Waals surface area contributed by atoms with Crippen molar-refractivity contribution in [2.45, 2.75) is 26.7 Å². The van der Waals surface area contributed by atoms with Crippen LogP contribution in [-0.4, -0.2) is 5.91 Å². The van der Waals surface area contributed by atoms with E-state index >= 15 is 0 Å². The van der Waals surface area contributed by atoms with Gasteiger partial charge in [0.1, 0.15) is 0 Å². The van der Waals surface area contributed by atoms with Crippen LogP contribution in [0.25, 0.3) is 0 Å². The van der Waals surface area contributed by atoms with Gasteiger partial charge in [-0.3, -0.25) is 4.79 Å². The van der Waals surface area contributed by atoms with Gasteiger partial charge in [-0.25, -0.2) is 0 Å². The van der Waals surface area contributed by atoms with E-state index in [0.717, 1.165) is 17.7 Å². The Kier molecular flexibility index (Phi) is 4.99. The fraction of sp³-hybridized carbons (Fsp3) is 0.278. The lowest BCUT2D eigenvalue weighted by Gasteiger charge is -2.09. The quantitative estimate of drug-likeness (QED) is 0.822. The summed E-state index contributed by atoms with van der Waals surface area (Å²) in [5, 5.41) is 2.90. The number of rotatable bonds is 5. The van der Waals surface area contributed by atoms with E-state index in [-0.39, 0.29) is 5.91 Å². The summed E-state index contributed by atoms with van der Waals surface area (Å²) < 4.78 is 0. The number of nitrogens with one attached hydrogen (secondary N) is 1. The Morgan fingerprint density at radius 3 is 2.38 bits per heavy atom. The smallest absolute Gasteiger partial charge is 0.228 e. The molecule has 21 heavy (non-hydrogen) atoms. The summed E-state index contributed by atoms with van der Waals surface area (Å²) in [6.45, 7) is 4.39. The maximum Gasteiger partial charge on any atom is 0.228 e. The molecule has 3 heteroatoms. The molecular formula is C18H22N2O. The third-order valence-corrected chi connectivity index (χ3v) is 3.29. The first-order chi connectivity index (χ1) is 10.0. The van der Waals surface area contributed by atoms with E-state index in [1.807, 2.05) is 36.4 Å².